The van der Waals surface area contributed by atoms with Crippen LogP contribution in [0.4, 0.5) is 5.69 Å². The number of aliphatic hydroxyl groups excluding tert-OH is 1. The molecule has 0 saturated carbocycles. The number of nitrogens with zero attached hydrogens (tertiary/aromatic N) is 2. The molecule has 9 nitrogen and oxygen atoms in total. The average molecular weight is 448 g/mol. The lowest BCUT2D eigenvalue weighted by Gasteiger charge is -2.23. The van der Waals surface area contributed by atoms with Crippen LogP contribution in [0.15, 0.2) is 70.7 Å². The summed E-state index contributed by atoms with van der Waals surface area (Å²) in [5.41, 5.74) is 0.624. The third-order valence-electron chi connectivity index (χ3n) is 5.43. The first-order valence-corrected chi connectivity index (χ1v) is 10.0. The standard InChI is InChI=1S/C24H20N2O7/c1-14-3-12-19(33-14)21-20(22(27)16-6-8-17(9-7-16)26(30)31)23(28)24(29)25(21)13-15-4-10-18(32-2)11-5-15/h3-12,21,27H,13H2,1-2H3/b22-20-. The number of hydrogen-bond donors (Lipinski definition) is 1. The Bertz CT molecular complexity index is 1260. The summed E-state index contributed by atoms with van der Waals surface area (Å²) in [5, 5.41) is 21.9. The Morgan fingerprint density at radius 1 is 1.09 bits per heavy atom. The van der Waals surface area contributed by atoms with Crippen LogP contribution in [0.1, 0.15) is 28.7 Å². The van der Waals surface area contributed by atoms with E-state index in [0.717, 1.165) is 5.56 Å². The molecule has 9 heteroatoms. The highest BCUT2D eigenvalue weighted by Crippen LogP contribution is 2.41. The monoisotopic (exact) mass is 448 g/mol. The molecule has 1 atom stereocenters. The van der Waals surface area contributed by atoms with E-state index in [1.54, 1.807) is 50.4 Å². The quantitative estimate of drug-likeness (QED) is 0.198. The fraction of sp³-hybridized carbons (Fsp3) is 0.167. The minimum Gasteiger partial charge on any atom is -0.507 e. The lowest BCUT2D eigenvalue weighted by atomic mass is 9.99. The Kier molecular flexibility index (Phi) is 5.70. The second-order valence-corrected chi connectivity index (χ2v) is 7.53. The fourth-order valence-electron chi connectivity index (χ4n) is 3.76. The Labute approximate surface area is 188 Å². The fourth-order valence-corrected chi connectivity index (χ4v) is 3.76. The number of nitro groups is 1. The van der Waals surface area contributed by atoms with E-state index in [-0.39, 0.29) is 23.4 Å². The van der Waals surface area contributed by atoms with Gasteiger partial charge in [-0.15, -0.1) is 0 Å². The third kappa shape index (κ3) is 4.08. The zero-order valence-electron chi connectivity index (χ0n) is 17.8. The van der Waals surface area contributed by atoms with Crippen LogP contribution in [0.2, 0.25) is 0 Å². The molecule has 0 spiro atoms. The maximum Gasteiger partial charge on any atom is 0.296 e. The van der Waals surface area contributed by atoms with Crippen LogP contribution in [-0.4, -0.2) is 33.7 Å². The van der Waals surface area contributed by atoms with Crippen molar-refractivity contribution in [2.24, 2.45) is 0 Å². The minimum absolute atomic E-state index is 0.0933. The van der Waals surface area contributed by atoms with Gasteiger partial charge in [0.2, 0.25) is 0 Å². The molecule has 2 heterocycles. The molecule has 33 heavy (non-hydrogen) atoms. The molecule has 1 aliphatic heterocycles. The molecule has 0 radical (unpaired) electrons. The van der Waals surface area contributed by atoms with Crippen LogP contribution < -0.4 is 4.74 Å². The second kappa shape index (κ2) is 8.62. The highest BCUT2D eigenvalue weighted by molar-refractivity contribution is 6.46. The summed E-state index contributed by atoms with van der Waals surface area (Å²) in [6.45, 7) is 1.82. The van der Waals surface area contributed by atoms with Gasteiger partial charge in [-0.05, 0) is 48.9 Å². The van der Waals surface area contributed by atoms with Gasteiger partial charge < -0.3 is 19.2 Å². The molecule has 1 aromatic heterocycles. The maximum atomic E-state index is 13.0. The number of aryl methyl sites for hydroxylation is 1. The van der Waals surface area contributed by atoms with Gasteiger partial charge in [0.1, 0.15) is 29.1 Å². The summed E-state index contributed by atoms with van der Waals surface area (Å²) in [5.74, 6) is -0.525. The van der Waals surface area contributed by atoms with Gasteiger partial charge in [-0.1, -0.05) is 12.1 Å². The highest BCUT2D eigenvalue weighted by Gasteiger charge is 2.47. The number of non-ortho nitro benzene ring substituents is 1. The van der Waals surface area contributed by atoms with E-state index >= 15 is 0 Å². The van der Waals surface area contributed by atoms with Crippen LogP contribution in [0, 0.1) is 17.0 Å². The van der Waals surface area contributed by atoms with Crippen molar-refractivity contribution in [2.75, 3.05) is 7.11 Å². The number of Topliss-reactive ketones (excluding diaryl/α,β-unsaturated/α-hetero) is 1. The lowest BCUT2D eigenvalue weighted by Crippen LogP contribution is -2.29. The molecule has 1 fully saturated rings. The number of rotatable bonds is 6. The molecule has 1 unspecified atom stereocenters. The normalized spacial score (nSPS) is 17.4. The van der Waals surface area contributed by atoms with E-state index in [0.29, 0.717) is 17.3 Å². The van der Waals surface area contributed by atoms with Crippen LogP contribution >= 0.6 is 0 Å². The van der Waals surface area contributed by atoms with Gasteiger partial charge in [-0.25, -0.2) is 0 Å². The molecule has 1 aliphatic rings. The Hall–Kier alpha value is -4.40. The molecular weight excluding hydrogens is 428 g/mol. The van der Waals surface area contributed by atoms with Crippen molar-refractivity contribution < 1.29 is 28.8 Å². The van der Waals surface area contributed by atoms with E-state index < -0.39 is 28.4 Å². The van der Waals surface area contributed by atoms with Crippen molar-refractivity contribution >= 4 is 23.1 Å². The number of nitro benzene ring substituents is 1. The van der Waals surface area contributed by atoms with Gasteiger partial charge in [0.25, 0.3) is 17.4 Å². The zero-order chi connectivity index (χ0) is 23.7. The van der Waals surface area contributed by atoms with Crippen molar-refractivity contribution in [3.05, 3.63) is 99.0 Å². The molecule has 0 aliphatic carbocycles. The smallest absolute Gasteiger partial charge is 0.296 e. The zero-order valence-corrected chi connectivity index (χ0v) is 17.8. The van der Waals surface area contributed by atoms with E-state index in [1.807, 2.05) is 0 Å². The van der Waals surface area contributed by atoms with E-state index in [9.17, 15) is 24.8 Å². The SMILES string of the molecule is COc1ccc(CN2C(=O)C(=O)/C(=C(\O)c3ccc([N+](=O)[O-])cc3)C2c2ccc(C)o2)cc1. The van der Waals surface area contributed by atoms with Crippen molar-refractivity contribution in [3.63, 3.8) is 0 Å². The van der Waals surface area contributed by atoms with E-state index in [2.05, 4.69) is 0 Å². The number of carbonyl (C=O) groups excluding carboxylic acids is 2. The van der Waals surface area contributed by atoms with Crippen molar-refractivity contribution in [2.45, 2.75) is 19.5 Å². The van der Waals surface area contributed by atoms with Gasteiger partial charge in [0, 0.05) is 24.2 Å². The third-order valence-corrected chi connectivity index (χ3v) is 5.43. The molecule has 2 aromatic carbocycles. The topological polar surface area (TPSA) is 123 Å². The van der Waals surface area contributed by atoms with E-state index in [4.69, 9.17) is 9.15 Å². The molecule has 1 N–H and O–H groups in total. The summed E-state index contributed by atoms with van der Waals surface area (Å²) < 4.78 is 10.9. The van der Waals surface area contributed by atoms with Gasteiger partial charge in [-0.2, -0.15) is 0 Å². The predicted octanol–water partition coefficient (Wildman–Crippen LogP) is 4.13. The molecule has 1 saturated heterocycles. The summed E-state index contributed by atoms with van der Waals surface area (Å²) in [6.07, 6.45) is 0. The van der Waals surface area contributed by atoms with Crippen molar-refractivity contribution in [1.29, 1.82) is 0 Å². The lowest BCUT2D eigenvalue weighted by molar-refractivity contribution is -0.384. The number of likely N-dealkylation sites (tertiary alicyclic amines) is 1. The minimum atomic E-state index is -0.962. The predicted molar refractivity (Wildman–Crippen MR) is 117 cm³/mol. The first-order chi connectivity index (χ1) is 15.8. The largest absolute Gasteiger partial charge is 0.507 e. The second-order valence-electron chi connectivity index (χ2n) is 7.53. The molecule has 3 aromatic rings. The number of ketones is 1. The molecule has 4 rings (SSSR count). The summed E-state index contributed by atoms with van der Waals surface area (Å²) >= 11 is 0. The molecule has 1 amide bonds. The number of ether oxygens (including phenoxy) is 1. The number of furan rings is 1. The highest BCUT2D eigenvalue weighted by atomic mass is 16.6. The first kappa shape index (κ1) is 21.8. The van der Waals surface area contributed by atoms with Gasteiger partial charge in [-0.3, -0.25) is 19.7 Å². The Morgan fingerprint density at radius 2 is 1.76 bits per heavy atom. The number of benzene rings is 2. The van der Waals surface area contributed by atoms with Crippen molar-refractivity contribution in [3.8, 4) is 5.75 Å². The number of carbonyl (C=O) groups is 2. The van der Waals surface area contributed by atoms with Crippen molar-refractivity contribution in [1.82, 2.24) is 4.90 Å². The maximum absolute atomic E-state index is 13.0. The van der Waals surface area contributed by atoms with Crippen LogP contribution in [0.25, 0.3) is 5.76 Å². The van der Waals surface area contributed by atoms with Gasteiger partial charge >= 0.3 is 0 Å². The molecule has 168 valence electrons. The van der Waals surface area contributed by atoms with E-state index in [1.165, 1.54) is 29.2 Å². The number of aliphatic hydroxyl groups is 1. The number of amides is 1. The van der Waals surface area contributed by atoms with Crippen LogP contribution in [-0.2, 0) is 16.1 Å². The van der Waals surface area contributed by atoms with Crippen LogP contribution in [0.5, 0.6) is 5.75 Å². The molecule has 0 bridgehead atoms. The van der Waals surface area contributed by atoms with Gasteiger partial charge in [0.15, 0.2) is 0 Å². The first-order valence-electron chi connectivity index (χ1n) is 10.0. The number of methoxy groups -OCH3 is 1. The summed E-state index contributed by atoms with van der Waals surface area (Å²) in [7, 11) is 1.55. The Balaban J connectivity index is 1.79. The Morgan fingerprint density at radius 3 is 2.30 bits per heavy atom. The van der Waals surface area contributed by atoms with Crippen LogP contribution in [0.3, 0.4) is 0 Å². The van der Waals surface area contributed by atoms with Gasteiger partial charge in [0.05, 0.1) is 17.6 Å². The summed E-state index contributed by atoms with van der Waals surface area (Å²) in [6, 6.07) is 14.5. The summed E-state index contributed by atoms with van der Waals surface area (Å²) in [4.78, 5) is 37.7. The number of hydrogen-bond acceptors (Lipinski definition) is 7. The molecular formula is C24H20N2O7. The average Bonchev–Trinajstić information content (AvgIpc) is 3.35.